The Kier molecular flexibility index (Phi) is 6.91. The van der Waals surface area contributed by atoms with Crippen molar-refractivity contribution in [2.45, 2.75) is 50.7 Å². The normalized spacial score (nSPS) is 18.1. The molecule has 0 aliphatic carbocycles. The third kappa shape index (κ3) is 6.48. The summed E-state index contributed by atoms with van der Waals surface area (Å²) in [7, 11) is 0. The van der Waals surface area contributed by atoms with Crippen molar-refractivity contribution in [2.75, 3.05) is 6.61 Å². The van der Waals surface area contributed by atoms with Gasteiger partial charge in [0.1, 0.15) is 36.2 Å². The first kappa shape index (κ1) is 17.8. The van der Waals surface area contributed by atoms with Gasteiger partial charge in [-0.05, 0) is 20.8 Å². The maximum Gasteiger partial charge on any atom is 0.408 e. The Morgan fingerprint density at radius 1 is 1.26 bits per heavy atom. The number of hydrogen-bond donors (Lipinski definition) is 5. The summed E-state index contributed by atoms with van der Waals surface area (Å²) in [5.74, 6) is 0. The second-order valence-electron chi connectivity index (χ2n) is 5.04. The van der Waals surface area contributed by atoms with E-state index in [0.717, 1.165) is 0 Å². The van der Waals surface area contributed by atoms with E-state index in [9.17, 15) is 19.8 Å². The summed E-state index contributed by atoms with van der Waals surface area (Å²) < 4.78 is 4.87. The molecule has 0 aliphatic heterocycles. The number of nitrogens with one attached hydrogen (secondary N) is 1. The molecule has 0 aromatic heterocycles. The van der Waals surface area contributed by atoms with E-state index in [1.54, 1.807) is 20.8 Å². The van der Waals surface area contributed by atoms with Crippen molar-refractivity contribution in [3.8, 4) is 0 Å². The molecule has 0 aromatic carbocycles. The van der Waals surface area contributed by atoms with Gasteiger partial charge in [-0.2, -0.15) is 0 Å². The van der Waals surface area contributed by atoms with E-state index < -0.39 is 42.7 Å². The van der Waals surface area contributed by atoms with Gasteiger partial charge in [0.05, 0.1) is 6.61 Å². The predicted molar refractivity (Wildman–Crippen MR) is 64.3 cm³/mol. The molecule has 0 spiro atoms. The molecular formula is C11H21NO7. The first-order valence-corrected chi connectivity index (χ1v) is 5.72. The van der Waals surface area contributed by atoms with Gasteiger partial charge in [0.25, 0.3) is 0 Å². The lowest BCUT2D eigenvalue weighted by molar-refractivity contribution is -0.120. The molecule has 8 heteroatoms. The Bertz CT molecular complexity index is 302. The van der Waals surface area contributed by atoms with Crippen LogP contribution in [0.4, 0.5) is 4.79 Å². The highest BCUT2D eigenvalue weighted by molar-refractivity contribution is 5.73. The first-order valence-electron chi connectivity index (χ1n) is 5.72. The van der Waals surface area contributed by atoms with Crippen LogP contribution in [0.5, 0.6) is 0 Å². The number of rotatable bonds is 6. The quantitative estimate of drug-likeness (QED) is 0.360. The van der Waals surface area contributed by atoms with Crippen molar-refractivity contribution in [3.63, 3.8) is 0 Å². The molecule has 1 amide bonds. The fourth-order valence-electron chi connectivity index (χ4n) is 1.19. The zero-order chi connectivity index (χ0) is 15.2. The van der Waals surface area contributed by atoms with E-state index in [4.69, 9.17) is 14.9 Å². The lowest BCUT2D eigenvalue weighted by atomic mass is 10.0. The van der Waals surface area contributed by atoms with Crippen molar-refractivity contribution < 1.29 is 34.8 Å². The number of aliphatic hydroxyl groups excluding tert-OH is 4. The van der Waals surface area contributed by atoms with Crippen molar-refractivity contribution in [1.29, 1.82) is 0 Å². The minimum absolute atomic E-state index is 0.196. The first-order chi connectivity index (χ1) is 8.62. The Balaban J connectivity index is 4.58. The number of aliphatic hydroxyl groups is 4. The molecule has 0 aliphatic rings. The van der Waals surface area contributed by atoms with Crippen molar-refractivity contribution in [1.82, 2.24) is 5.32 Å². The minimum atomic E-state index is -1.78. The molecular weight excluding hydrogens is 258 g/mol. The molecule has 0 saturated heterocycles. The summed E-state index contributed by atoms with van der Waals surface area (Å²) >= 11 is 0. The van der Waals surface area contributed by atoms with Gasteiger partial charge in [-0.3, -0.25) is 0 Å². The zero-order valence-electron chi connectivity index (χ0n) is 11.1. The molecule has 0 heterocycles. The highest BCUT2D eigenvalue weighted by Crippen LogP contribution is 2.08. The maximum absolute atomic E-state index is 11.4. The van der Waals surface area contributed by atoms with Crippen LogP contribution in [0.15, 0.2) is 0 Å². The number of hydrogen-bond acceptors (Lipinski definition) is 7. The topological polar surface area (TPSA) is 136 Å². The third-order valence-electron chi connectivity index (χ3n) is 2.13. The van der Waals surface area contributed by atoms with Gasteiger partial charge in [0.15, 0.2) is 0 Å². The van der Waals surface area contributed by atoms with Crippen LogP contribution in [0.1, 0.15) is 20.8 Å². The van der Waals surface area contributed by atoms with Gasteiger partial charge >= 0.3 is 6.09 Å². The van der Waals surface area contributed by atoms with Crippen LogP contribution >= 0.6 is 0 Å². The molecule has 0 unspecified atom stereocenters. The zero-order valence-corrected chi connectivity index (χ0v) is 11.1. The summed E-state index contributed by atoms with van der Waals surface area (Å²) in [6.45, 7) is 4.05. The number of aldehydes is 1. The van der Waals surface area contributed by atoms with Gasteiger partial charge in [0.2, 0.25) is 0 Å². The van der Waals surface area contributed by atoms with Gasteiger partial charge in [-0.25, -0.2) is 4.79 Å². The van der Waals surface area contributed by atoms with Crippen LogP contribution < -0.4 is 5.32 Å². The number of carbonyl (C=O) groups excluding carboxylic acids is 2. The minimum Gasteiger partial charge on any atom is -0.444 e. The van der Waals surface area contributed by atoms with Crippen molar-refractivity contribution in [2.24, 2.45) is 0 Å². The van der Waals surface area contributed by atoms with Crippen LogP contribution in [0.2, 0.25) is 0 Å². The van der Waals surface area contributed by atoms with Gasteiger partial charge < -0.3 is 35.3 Å². The molecule has 5 N–H and O–H groups in total. The van der Waals surface area contributed by atoms with Gasteiger partial charge in [-0.1, -0.05) is 0 Å². The fourth-order valence-corrected chi connectivity index (χ4v) is 1.19. The lowest BCUT2D eigenvalue weighted by Crippen LogP contribution is -2.54. The highest BCUT2D eigenvalue weighted by atomic mass is 16.6. The molecule has 0 fully saturated rings. The third-order valence-corrected chi connectivity index (χ3v) is 2.13. The average molecular weight is 279 g/mol. The second-order valence-corrected chi connectivity index (χ2v) is 5.04. The Hall–Kier alpha value is -1.22. The molecule has 112 valence electrons. The van der Waals surface area contributed by atoms with E-state index in [2.05, 4.69) is 5.32 Å². The van der Waals surface area contributed by atoms with Crippen LogP contribution in [0.3, 0.4) is 0 Å². The molecule has 0 saturated carbocycles. The van der Waals surface area contributed by atoms with Gasteiger partial charge in [0, 0.05) is 0 Å². The molecule has 0 aromatic rings. The van der Waals surface area contributed by atoms with E-state index in [-0.39, 0.29) is 6.29 Å². The van der Waals surface area contributed by atoms with Crippen molar-refractivity contribution in [3.05, 3.63) is 0 Å². The predicted octanol–water partition coefficient (Wildman–Crippen LogP) is -1.85. The van der Waals surface area contributed by atoms with Crippen LogP contribution in [0, 0.1) is 0 Å². The Morgan fingerprint density at radius 2 is 1.79 bits per heavy atom. The van der Waals surface area contributed by atoms with Crippen LogP contribution in [-0.4, -0.2) is 69.4 Å². The second kappa shape index (κ2) is 7.39. The molecule has 0 rings (SSSR count). The molecule has 8 nitrogen and oxygen atoms in total. The summed E-state index contributed by atoms with van der Waals surface area (Å²) in [5.41, 5.74) is -0.786. The molecule has 19 heavy (non-hydrogen) atoms. The molecule has 0 radical (unpaired) electrons. The number of ether oxygens (including phenoxy) is 1. The highest BCUT2D eigenvalue weighted by Gasteiger charge is 2.32. The van der Waals surface area contributed by atoms with E-state index in [1.807, 2.05) is 0 Å². The number of carbonyl (C=O) groups is 2. The summed E-state index contributed by atoms with van der Waals surface area (Å²) in [6, 6.07) is -1.47. The Morgan fingerprint density at radius 3 is 2.16 bits per heavy atom. The standard InChI is InChI=1S/C11H21NO7/c1-11(2,3)19-10(18)12-6(4-13)8(16)9(17)7(15)5-14/h4,6-9,14-17H,5H2,1-3H3,(H,12,18)/t6-,7+,8-,9+/m0/s1. The monoisotopic (exact) mass is 279 g/mol. The van der Waals surface area contributed by atoms with Crippen molar-refractivity contribution >= 4 is 12.4 Å². The number of amides is 1. The van der Waals surface area contributed by atoms with E-state index in [1.165, 1.54) is 0 Å². The number of alkyl carbamates (subject to hydrolysis) is 1. The smallest absolute Gasteiger partial charge is 0.408 e. The Labute approximate surface area is 111 Å². The molecule has 4 atom stereocenters. The lowest BCUT2D eigenvalue weighted by Gasteiger charge is -2.27. The maximum atomic E-state index is 11.4. The summed E-state index contributed by atoms with van der Waals surface area (Å²) in [6.07, 6.45) is -5.93. The summed E-state index contributed by atoms with van der Waals surface area (Å²) in [4.78, 5) is 22.2. The average Bonchev–Trinajstić information content (AvgIpc) is 2.30. The fraction of sp³-hybridized carbons (Fsp3) is 0.818. The SMILES string of the molecule is CC(C)(C)OC(=O)N[C@@H](C=O)[C@H](O)[C@H](O)[C@H](O)CO. The van der Waals surface area contributed by atoms with Crippen LogP contribution in [0.25, 0.3) is 0 Å². The van der Waals surface area contributed by atoms with E-state index >= 15 is 0 Å². The van der Waals surface area contributed by atoms with Gasteiger partial charge in [-0.15, -0.1) is 0 Å². The summed E-state index contributed by atoms with van der Waals surface area (Å²) in [5, 5.41) is 38.8. The molecule has 0 bridgehead atoms. The van der Waals surface area contributed by atoms with E-state index in [0.29, 0.717) is 0 Å². The van der Waals surface area contributed by atoms with Crippen LogP contribution in [-0.2, 0) is 9.53 Å². The largest absolute Gasteiger partial charge is 0.444 e.